The molecule has 0 aliphatic rings. The minimum atomic E-state index is -0.528. The summed E-state index contributed by atoms with van der Waals surface area (Å²) < 4.78 is 10.1. The molecule has 20 heavy (non-hydrogen) atoms. The van der Waals surface area contributed by atoms with Gasteiger partial charge >= 0.3 is 11.7 Å². The topological polar surface area (TPSA) is 78.7 Å². The number of ether oxygens (including phenoxy) is 2. The molecule has 0 unspecified atom stereocenters. The van der Waals surface area contributed by atoms with Crippen molar-refractivity contribution < 1.29 is 19.2 Å². The molecule has 0 aliphatic heterocycles. The highest BCUT2D eigenvalue weighted by Gasteiger charge is 2.15. The maximum absolute atomic E-state index is 11.4. The fraction of sp³-hybridized carbons (Fsp3) is 0.0714. The van der Waals surface area contributed by atoms with Gasteiger partial charge in [-0.3, -0.25) is 10.1 Å². The van der Waals surface area contributed by atoms with Crippen molar-refractivity contribution in [3.05, 3.63) is 64.2 Å². The Balaban J connectivity index is 2.31. The summed E-state index contributed by atoms with van der Waals surface area (Å²) in [6.45, 7) is 0. The molecular formula is C14H11NO5. The standard InChI is InChI=1S/C14H11NO5/c1-19-14(16)10-5-4-6-11(9-10)20-13-8-3-2-7-12(13)15(17)18/h2-9H,1H3. The second-order valence-electron chi connectivity index (χ2n) is 3.85. The number of carbonyl (C=O) groups is 1. The van der Waals surface area contributed by atoms with Gasteiger partial charge < -0.3 is 9.47 Å². The van der Waals surface area contributed by atoms with Crippen molar-refractivity contribution in [3.8, 4) is 11.5 Å². The van der Waals surface area contributed by atoms with E-state index >= 15 is 0 Å². The predicted molar refractivity (Wildman–Crippen MR) is 71.0 cm³/mol. The predicted octanol–water partition coefficient (Wildman–Crippen LogP) is 3.17. The molecule has 0 fully saturated rings. The van der Waals surface area contributed by atoms with Crippen LogP contribution in [0.5, 0.6) is 11.5 Å². The van der Waals surface area contributed by atoms with Crippen LogP contribution in [0.2, 0.25) is 0 Å². The van der Waals surface area contributed by atoms with Gasteiger partial charge in [-0.1, -0.05) is 18.2 Å². The number of para-hydroxylation sites is 2. The maximum Gasteiger partial charge on any atom is 0.337 e. The first-order valence-electron chi connectivity index (χ1n) is 5.71. The summed E-state index contributed by atoms with van der Waals surface area (Å²) in [6, 6.07) is 12.3. The van der Waals surface area contributed by atoms with Gasteiger partial charge in [-0.05, 0) is 24.3 Å². The second kappa shape index (κ2) is 5.83. The van der Waals surface area contributed by atoms with Crippen LogP contribution in [0.15, 0.2) is 48.5 Å². The summed E-state index contributed by atoms with van der Waals surface area (Å²) in [7, 11) is 1.28. The van der Waals surface area contributed by atoms with E-state index in [-0.39, 0.29) is 11.4 Å². The molecule has 0 heterocycles. The monoisotopic (exact) mass is 273 g/mol. The van der Waals surface area contributed by atoms with Crippen LogP contribution in [0.4, 0.5) is 5.69 Å². The third kappa shape index (κ3) is 2.92. The fourth-order valence-corrected chi connectivity index (χ4v) is 1.63. The molecule has 0 saturated heterocycles. The Labute approximate surface area is 114 Å². The number of benzene rings is 2. The average molecular weight is 273 g/mol. The highest BCUT2D eigenvalue weighted by atomic mass is 16.6. The Morgan fingerprint density at radius 1 is 1.15 bits per heavy atom. The van der Waals surface area contributed by atoms with E-state index < -0.39 is 10.9 Å². The lowest BCUT2D eigenvalue weighted by atomic mass is 10.2. The zero-order valence-corrected chi connectivity index (χ0v) is 10.6. The summed E-state index contributed by atoms with van der Waals surface area (Å²) in [4.78, 5) is 21.8. The van der Waals surface area contributed by atoms with E-state index in [2.05, 4.69) is 4.74 Å². The first-order chi connectivity index (χ1) is 9.61. The number of carbonyl (C=O) groups excluding carboxylic acids is 1. The normalized spacial score (nSPS) is 9.85. The highest BCUT2D eigenvalue weighted by molar-refractivity contribution is 5.89. The van der Waals surface area contributed by atoms with E-state index in [0.29, 0.717) is 11.3 Å². The molecule has 0 amide bonds. The molecule has 2 aromatic carbocycles. The number of methoxy groups -OCH3 is 1. The van der Waals surface area contributed by atoms with Gasteiger partial charge in [0.25, 0.3) is 0 Å². The van der Waals surface area contributed by atoms with Gasteiger partial charge in [0, 0.05) is 6.07 Å². The fourth-order valence-electron chi connectivity index (χ4n) is 1.63. The zero-order valence-electron chi connectivity index (χ0n) is 10.6. The van der Waals surface area contributed by atoms with Crippen molar-refractivity contribution >= 4 is 11.7 Å². The summed E-state index contributed by atoms with van der Waals surface area (Å²) in [5.74, 6) is -0.0697. The average Bonchev–Trinajstić information content (AvgIpc) is 2.47. The zero-order chi connectivity index (χ0) is 14.5. The molecule has 0 saturated carbocycles. The highest BCUT2D eigenvalue weighted by Crippen LogP contribution is 2.31. The first kappa shape index (κ1) is 13.5. The Kier molecular flexibility index (Phi) is 3.95. The molecule has 6 heteroatoms. The summed E-state index contributed by atoms with van der Waals surface area (Å²) >= 11 is 0. The Morgan fingerprint density at radius 3 is 2.60 bits per heavy atom. The molecule has 0 atom stereocenters. The van der Waals surface area contributed by atoms with E-state index in [1.807, 2.05) is 0 Å². The molecule has 0 N–H and O–H groups in total. The third-order valence-corrected chi connectivity index (χ3v) is 2.54. The number of nitrogens with zero attached hydrogens (tertiary/aromatic N) is 1. The first-order valence-corrected chi connectivity index (χ1v) is 5.71. The van der Waals surface area contributed by atoms with E-state index in [9.17, 15) is 14.9 Å². The Hall–Kier alpha value is -2.89. The lowest BCUT2D eigenvalue weighted by Gasteiger charge is -2.07. The SMILES string of the molecule is COC(=O)c1cccc(Oc2ccccc2[N+](=O)[O-])c1. The molecule has 6 nitrogen and oxygen atoms in total. The maximum atomic E-state index is 11.4. The van der Waals surface area contributed by atoms with Gasteiger partial charge in [0.15, 0.2) is 0 Å². The van der Waals surface area contributed by atoms with Crippen LogP contribution < -0.4 is 4.74 Å². The molecule has 2 rings (SSSR count). The van der Waals surface area contributed by atoms with Gasteiger partial charge in [0.1, 0.15) is 5.75 Å². The van der Waals surface area contributed by atoms with E-state index in [1.165, 1.54) is 25.3 Å². The molecular weight excluding hydrogens is 262 g/mol. The van der Waals surface area contributed by atoms with Gasteiger partial charge in [-0.15, -0.1) is 0 Å². The molecule has 2 aromatic rings. The minimum absolute atomic E-state index is 0.111. The van der Waals surface area contributed by atoms with Crippen molar-refractivity contribution in [1.29, 1.82) is 0 Å². The van der Waals surface area contributed by atoms with Crippen LogP contribution in [0.3, 0.4) is 0 Å². The van der Waals surface area contributed by atoms with Crippen LogP contribution in [-0.2, 0) is 4.74 Å². The quantitative estimate of drug-likeness (QED) is 0.485. The smallest absolute Gasteiger partial charge is 0.337 e. The van der Waals surface area contributed by atoms with Crippen LogP contribution in [0, 0.1) is 10.1 Å². The Morgan fingerprint density at radius 2 is 1.90 bits per heavy atom. The number of nitro benzene ring substituents is 1. The van der Waals surface area contributed by atoms with Crippen LogP contribution in [-0.4, -0.2) is 18.0 Å². The number of esters is 1. The van der Waals surface area contributed by atoms with E-state index in [0.717, 1.165) is 0 Å². The van der Waals surface area contributed by atoms with Crippen LogP contribution >= 0.6 is 0 Å². The van der Waals surface area contributed by atoms with Crippen LogP contribution in [0.25, 0.3) is 0 Å². The van der Waals surface area contributed by atoms with Crippen molar-refractivity contribution in [3.63, 3.8) is 0 Å². The molecule has 0 bridgehead atoms. The van der Waals surface area contributed by atoms with Gasteiger partial charge in [-0.2, -0.15) is 0 Å². The molecule has 0 radical (unpaired) electrons. The van der Waals surface area contributed by atoms with Gasteiger partial charge in [0.2, 0.25) is 5.75 Å². The van der Waals surface area contributed by atoms with Gasteiger partial charge in [-0.25, -0.2) is 4.79 Å². The number of nitro groups is 1. The van der Waals surface area contributed by atoms with Crippen molar-refractivity contribution in [1.82, 2.24) is 0 Å². The molecule has 0 aliphatic carbocycles. The molecule has 0 aromatic heterocycles. The second-order valence-corrected chi connectivity index (χ2v) is 3.85. The Bertz CT molecular complexity index is 654. The number of rotatable bonds is 4. The molecule has 102 valence electrons. The summed E-state index contributed by atoms with van der Waals surface area (Å²) in [5.41, 5.74) is 0.166. The number of hydrogen-bond donors (Lipinski definition) is 0. The summed E-state index contributed by atoms with van der Waals surface area (Å²) in [5, 5.41) is 10.9. The van der Waals surface area contributed by atoms with E-state index in [4.69, 9.17) is 4.74 Å². The van der Waals surface area contributed by atoms with Crippen LogP contribution in [0.1, 0.15) is 10.4 Å². The number of hydrogen-bond acceptors (Lipinski definition) is 5. The van der Waals surface area contributed by atoms with Crippen molar-refractivity contribution in [2.45, 2.75) is 0 Å². The van der Waals surface area contributed by atoms with E-state index in [1.54, 1.807) is 30.3 Å². The lowest BCUT2D eigenvalue weighted by Crippen LogP contribution is -2.01. The van der Waals surface area contributed by atoms with Gasteiger partial charge in [0.05, 0.1) is 17.6 Å². The third-order valence-electron chi connectivity index (χ3n) is 2.54. The molecule has 0 spiro atoms. The van der Waals surface area contributed by atoms with Crippen molar-refractivity contribution in [2.24, 2.45) is 0 Å². The van der Waals surface area contributed by atoms with Crippen molar-refractivity contribution in [2.75, 3.05) is 7.11 Å². The lowest BCUT2D eigenvalue weighted by molar-refractivity contribution is -0.385. The minimum Gasteiger partial charge on any atom is -0.465 e. The largest absolute Gasteiger partial charge is 0.465 e. The summed E-state index contributed by atoms with van der Waals surface area (Å²) in [6.07, 6.45) is 0.